The molecule has 2 heterocycles. The number of aromatic nitrogens is 5. The normalized spacial score (nSPS) is 11.5. The van der Waals surface area contributed by atoms with Crippen molar-refractivity contribution >= 4 is 10.9 Å². The van der Waals surface area contributed by atoms with Gasteiger partial charge in [0.2, 0.25) is 0 Å². The summed E-state index contributed by atoms with van der Waals surface area (Å²) in [4.78, 5) is 17.4. The van der Waals surface area contributed by atoms with Crippen LogP contribution in [-0.4, -0.2) is 48.3 Å². The lowest BCUT2D eigenvalue weighted by molar-refractivity contribution is 0.179. The van der Waals surface area contributed by atoms with Gasteiger partial charge in [-0.15, -0.1) is 5.10 Å². The predicted molar refractivity (Wildman–Crippen MR) is 114 cm³/mol. The molecule has 0 radical (unpaired) electrons. The van der Waals surface area contributed by atoms with Crippen molar-refractivity contribution in [2.45, 2.75) is 26.6 Å². The molecule has 8 nitrogen and oxygen atoms in total. The zero-order valence-electron chi connectivity index (χ0n) is 17.1. The minimum atomic E-state index is -0.300. The first-order valence-electron chi connectivity index (χ1n) is 9.97. The van der Waals surface area contributed by atoms with Gasteiger partial charge in [-0.2, -0.15) is 0 Å². The molecule has 0 aliphatic rings. The van der Waals surface area contributed by atoms with Crippen LogP contribution in [0.4, 0.5) is 4.39 Å². The Kier molecular flexibility index (Phi) is 6.15. The molecule has 160 valence electrons. The first-order valence-corrected chi connectivity index (χ1v) is 9.97. The highest BCUT2D eigenvalue weighted by Gasteiger charge is 2.15. The van der Waals surface area contributed by atoms with E-state index in [0.717, 1.165) is 22.0 Å². The van der Waals surface area contributed by atoms with Gasteiger partial charge in [0.1, 0.15) is 5.82 Å². The van der Waals surface area contributed by atoms with Crippen LogP contribution in [0.25, 0.3) is 10.9 Å². The van der Waals surface area contributed by atoms with E-state index in [1.807, 2.05) is 36.1 Å². The molecule has 2 aromatic carbocycles. The number of pyridine rings is 1. The van der Waals surface area contributed by atoms with Gasteiger partial charge in [0.25, 0.3) is 5.56 Å². The van der Waals surface area contributed by atoms with Crippen LogP contribution in [0.1, 0.15) is 22.5 Å². The molecular weight excluding hydrogens is 399 g/mol. The Morgan fingerprint density at radius 2 is 1.94 bits per heavy atom. The van der Waals surface area contributed by atoms with Gasteiger partial charge in [0, 0.05) is 24.2 Å². The van der Waals surface area contributed by atoms with Crippen molar-refractivity contribution in [1.29, 1.82) is 0 Å². The van der Waals surface area contributed by atoms with E-state index in [-0.39, 0.29) is 18.0 Å². The lowest BCUT2D eigenvalue weighted by Crippen LogP contribution is -2.30. The van der Waals surface area contributed by atoms with Crippen molar-refractivity contribution in [3.63, 3.8) is 0 Å². The van der Waals surface area contributed by atoms with Gasteiger partial charge in [-0.05, 0) is 58.6 Å². The van der Waals surface area contributed by atoms with E-state index in [1.165, 1.54) is 12.1 Å². The summed E-state index contributed by atoms with van der Waals surface area (Å²) in [6.45, 7) is 3.37. The zero-order valence-corrected chi connectivity index (χ0v) is 17.1. The number of hydrogen-bond acceptors (Lipinski definition) is 6. The summed E-state index contributed by atoms with van der Waals surface area (Å²) in [6.07, 6.45) is 0. The minimum Gasteiger partial charge on any atom is -0.395 e. The van der Waals surface area contributed by atoms with E-state index in [1.54, 1.807) is 16.8 Å². The molecule has 9 heteroatoms. The molecule has 0 fully saturated rings. The summed E-state index contributed by atoms with van der Waals surface area (Å²) in [5, 5.41) is 22.4. The third kappa shape index (κ3) is 5.01. The Morgan fingerprint density at radius 1 is 1.13 bits per heavy atom. The van der Waals surface area contributed by atoms with Crippen LogP contribution in [0.2, 0.25) is 0 Å². The summed E-state index contributed by atoms with van der Waals surface area (Å²) in [5.41, 5.74) is 3.20. The van der Waals surface area contributed by atoms with Gasteiger partial charge in [-0.25, -0.2) is 9.07 Å². The number of fused-ring (bicyclic) bond motifs is 1. The molecule has 0 atom stereocenters. The number of H-pyrrole nitrogens is 1. The van der Waals surface area contributed by atoms with Gasteiger partial charge in [0.15, 0.2) is 5.82 Å². The summed E-state index contributed by atoms with van der Waals surface area (Å²) < 4.78 is 14.8. The topological polar surface area (TPSA) is 99.9 Å². The average Bonchev–Trinajstić information content (AvgIpc) is 3.17. The van der Waals surface area contributed by atoms with E-state index in [4.69, 9.17) is 0 Å². The van der Waals surface area contributed by atoms with Crippen LogP contribution >= 0.6 is 0 Å². The second-order valence-corrected chi connectivity index (χ2v) is 7.53. The fourth-order valence-electron chi connectivity index (χ4n) is 3.51. The Labute approximate surface area is 178 Å². The van der Waals surface area contributed by atoms with Crippen LogP contribution in [0, 0.1) is 12.7 Å². The fourth-order valence-corrected chi connectivity index (χ4v) is 3.51. The maximum atomic E-state index is 13.2. The standard InChI is InChI=1S/C22H23FN6O2/c1-15-2-7-20-17(10-15)11-18(22(31)24-20)13-28(8-9-30)14-21-25-26-27-29(21)12-16-3-5-19(23)6-4-16/h2-7,10-11,30H,8-9,12-14H2,1H3,(H,24,31). The van der Waals surface area contributed by atoms with E-state index in [9.17, 15) is 14.3 Å². The predicted octanol–water partition coefficient (Wildman–Crippen LogP) is 2.00. The first-order chi connectivity index (χ1) is 15.0. The Bertz CT molecular complexity index is 1230. The highest BCUT2D eigenvalue weighted by atomic mass is 19.1. The van der Waals surface area contributed by atoms with Gasteiger partial charge in [0.05, 0.1) is 19.7 Å². The largest absolute Gasteiger partial charge is 0.395 e. The van der Waals surface area contributed by atoms with Crippen LogP contribution in [0.5, 0.6) is 0 Å². The molecule has 0 bridgehead atoms. The molecule has 4 aromatic rings. The van der Waals surface area contributed by atoms with E-state index in [0.29, 0.717) is 37.6 Å². The third-order valence-electron chi connectivity index (χ3n) is 5.10. The number of benzene rings is 2. The number of halogens is 1. The van der Waals surface area contributed by atoms with Gasteiger partial charge in [-0.1, -0.05) is 23.8 Å². The van der Waals surface area contributed by atoms with Crippen LogP contribution in [0.3, 0.4) is 0 Å². The second-order valence-electron chi connectivity index (χ2n) is 7.53. The number of hydrogen-bond donors (Lipinski definition) is 2. The number of nitrogens with zero attached hydrogens (tertiary/aromatic N) is 5. The van der Waals surface area contributed by atoms with E-state index < -0.39 is 0 Å². The molecule has 0 spiro atoms. The third-order valence-corrected chi connectivity index (χ3v) is 5.10. The lowest BCUT2D eigenvalue weighted by Gasteiger charge is -2.20. The minimum absolute atomic E-state index is 0.0654. The van der Waals surface area contributed by atoms with E-state index in [2.05, 4.69) is 20.5 Å². The van der Waals surface area contributed by atoms with Crippen LogP contribution in [-0.2, 0) is 19.6 Å². The summed E-state index contributed by atoms with van der Waals surface area (Å²) in [7, 11) is 0. The second kappa shape index (κ2) is 9.15. The Morgan fingerprint density at radius 3 is 2.71 bits per heavy atom. The number of aliphatic hydroxyl groups excluding tert-OH is 1. The monoisotopic (exact) mass is 422 g/mol. The molecule has 0 aliphatic carbocycles. The fraction of sp³-hybridized carbons (Fsp3) is 0.273. The average molecular weight is 422 g/mol. The van der Waals surface area contributed by atoms with Crippen molar-refractivity contribution in [3.05, 3.63) is 87.2 Å². The maximum absolute atomic E-state index is 13.2. The van der Waals surface area contributed by atoms with Crippen molar-refractivity contribution in [1.82, 2.24) is 30.1 Å². The quantitative estimate of drug-likeness (QED) is 0.451. The SMILES string of the molecule is Cc1ccc2[nH]c(=O)c(CN(CCO)Cc3nnnn3Cc3ccc(F)cc3)cc2c1. The molecule has 2 N–H and O–H groups in total. The zero-order chi connectivity index (χ0) is 21.8. The molecular formula is C22H23FN6O2. The molecule has 0 saturated carbocycles. The summed E-state index contributed by atoms with van der Waals surface area (Å²) in [6, 6.07) is 13.9. The van der Waals surface area contributed by atoms with Crippen molar-refractivity contribution < 1.29 is 9.50 Å². The number of aryl methyl sites for hydroxylation is 1. The molecule has 0 unspecified atom stereocenters. The summed E-state index contributed by atoms with van der Waals surface area (Å²) >= 11 is 0. The maximum Gasteiger partial charge on any atom is 0.252 e. The molecule has 0 aliphatic heterocycles. The Hall–Kier alpha value is -3.43. The van der Waals surface area contributed by atoms with E-state index >= 15 is 0 Å². The van der Waals surface area contributed by atoms with Gasteiger partial charge < -0.3 is 10.1 Å². The number of tetrazole rings is 1. The Balaban J connectivity index is 1.55. The van der Waals surface area contributed by atoms with Crippen LogP contribution < -0.4 is 5.56 Å². The van der Waals surface area contributed by atoms with Crippen LogP contribution in [0.15, 0.2) is 53.3 Å². The number of rotatable bonds is 8. The smallest absolute Gasteiger partial charge is 0.252 e. The molecule has 4 rings (SSSR count). The number of aromatic amines is 1. The molecule has 0 amide bonds. The summed E-state index contributed by atoms with van der Waals surface area (Å²) in [5.74, 6) is 0.288. The van der Waals surface area contributed by atoms with Gasteiger partial charge >= 0.3 is 0 Å². The first kappa shape index (κ1) is 20.8. The van der Waals surface area contributed by atoms with Crippen molar-refractivity contribution in [3.8, 4) is 0 Å². The lowest BCUT2D eigenvalue weighted by atomic mass is 10.1. The number of nitrogens with one attached hydrogen (secondary N) is 1. The van der Waals surface area contributed by atoms with Crippen molar-refractivity contribution in [2.75, 3.05) is 13.2 Å². The number of aliphatic hydroxyl groups is 1. The highest BCUT2D eigenvalue weighted by molar-refractivity contribution is 5.79. The highest BCUT2D eigenvalue weighted by Crippen LogP contribution is 2.15. The van der Waals surface area contributed by atoms with Crippen molar-refractivity contribution in [2.24, 2.45) is 0 Å². The molecule has 31 heavy (non-hydrogen) atoms. The molecule has 0 saturated heterocycles. The van der Waals surface area contributed by atoms with Gasteiger partial charge in [-0.3, -0.25) is 9.69 Å². The molecule has 2 aromatic heterocycles.